The molecule has 1 aromatic carbocycles. The summed E-state index contributed by atoms with van der Waals surface area (Å²) in [5, 5.41) is 18.6. The van der Waals surface area contributed by atoms with Crippen molar-refractivity contribution in [1.29, 1.82) is 0 Å². The molecule has 0 saturated carbocycles. The van der Waals surface area contributed by atoms with Gasteiger partial charge in [-0.05, 0) is 31.5 Å². The Morgan fingerprint density at radius 3 is 2.25 bits per heavy atom. The maximum absolute atomic E-state index is 13.6. The van der Waals surface area contributed by atoms with Gasteiger partial charge in [-0.3, -0.25) is 0 Å². The third-order valence-electron chi connectivity index (χ3n) is 2.43. The van der Waals surface area contributed by atoms with Crippen LogP contribution in [0.3, 0.4) is 0 Å². The third-order valence-corrected chi connectivity index (χ3v) is 3.78. The lowest BCUT2D eigenvalue weighted by molar-refractivity contribution is 0.196. The number of benzene rings is 1. The SMILES string of the molecule is CC(O)C(C)Sc1ccc([C@@H](C)O)cc1F. The Morgan fingerprint density at radius 1 is 1.19 bits per heavy atom. The lowest BCUT2D eigenvalue weighted by atomic mass is 10.1. The van der Waals surface area contributed by atoms with Crippen LogP contribution in [-0.4, -0.2) is 21.6 Å². The summed E-state index contributed by atoms with van der Waals surface area (Å²) in [6.45, 7) is 5.12. The van der Waals surface area contributed by atoms with Crippen LogP contribution in [0.1, 0.15) is 32.4 Å². The molecule has 0 aliphatic rings. The smallest absolute Gasteiger partial charge is 0.137 e. The quantitative estimate of drug-likeness (QED) is 0.800. The summed E-state index contributed by atoms with van der Waals surface area (Å²) in [5.74, 6) is -0.351. The largest absolute Gasteiger partial charge is 0.392 e. The van der Waals surface area contributed by atoms with Crippen molar-refractivity contribution in [2.24, 2.45) is 0 Å². The summed E-state index contributed by atoms with van der Waals surface area (Å²) < 4.78 is 13.6. The molecule has 1 rings (SSSR count). The van der Waals surface area contributed by atoms with E-state index in [1.165, 1.54) is 17.8 Å². The molecule has 2 unspecified atom stereocenters. The minimum absolute atomic E-state index is 0.0631. The fourth-order valence-electron chi connectivity index (χ4n) is 1.17. The monoisotopic (exact) mass is 244 g/mol. The third kappa shape index (κ3) is 3.47. The highest BCUT2D eigenvalue weighted by molar-refractivity contribution is 8.00. The Hall–Kier alpha value is -0.580. The van der Waals surface area contributed by atoms with E-state index in [-0.39, 0.29) is 11.1 Å². The minimum Gasteiger partial charge on any atom is -0.392 e. The highest BCUT2D eigenvalue weighted by Gasteiger charge is 2.14. The normalized spacial score (nSPS) is 16.9. The minimum atomic E-state index is -0.664. The van der Waals surface area contributed by atoms with Crippen molar-refractivity contribution in [1.82, 2.24) is 0 Å². The van der Waals surface area contributed by atoms with Gasteiger partial charge in [-0.2, -0.15) is 0 Å². The van der Waals surface area contributed by atoms with Crippen molar-refractivity contribution in [3.8, 4) is 0 Å². The van der Waals surface area contributed by atoms with Crippen molar-refractivity contribution in [3.05, 3.63) is 29.6 Å². The van der Waals surface area contributed by atoms with E-state index in [0.717, 1.165) is 0 Å². The first kappa shape index (κ1) is 13.5. The molecule has 2 nitrogen and oxygen atoms in total. The summed E-state index contributed by atoms with van der Waals surface area (Å²) >= 11 is 1.29. The molecule has 0 aliphatic carbocycles. The van der Waals surface area contributed by atoms with Crippen LogP contribution in [0.2, 0.25) is 0 Å². The lowest BCUT2D eigenvalue weighted by Gasteiger charge is -2.15. The van der Waals surface area contributed by atoms with E-state index >= 15 is 0 Å². The molecule has 4 heteroatoms. The van der Waals surface area contributed by atoms with Crippen LogP contribution in [0.25, 0.3) is 0 Å². The van der Waals surface area contributed by atoms with Crippen LogP contribution in [0.4, 0.5) is 4.39 Å². The van der Waals surface area contributed by atoms with Crippen LogP contribution in [0.15, 0.2) is 23.1 Å². The molecule has 0 heterocycles. The predicted octanol–water partition coefficient (Wildman–Crippen LogP) is 2.74. The van der Waals surface area contributed by atoms with Crippen molar-refractivity contribution in [2.75, 3.05) is 0 Å². The average molecular weight is 244 g/mol. The van der Waals surface area contributed by atoms with Crippen molar-refractivity contribution in [3.63, 3.8) is 0 Å². The molecule has 0 aromatic heterocycles. The summed E-state index contributed by atoms with van der Waals surface area (Å²) in [6.07, 6.45) is -1.15. The van der Waals surface area contributed by atoms with E-state index < -0.39 is 12.2 Å². The van der Waals surface area contributed by atoms with E-state index in [2.05, 4.69) is 0 Å². The summed E-state index contributed by atoms with van der Waals surface area (Å²) in [7, 11) is 0. The second-order valence-corrected chi connectivity index (χ2v) is 5.35. The van der Waals surface area contributed by atoms with Crippen LogP contribution < -0.4 is 0 Å². The maximum atomic E-state index is 13.6. The Labute approximate surface area is 99.5 Å². The number of rotatable bonds is 4. The standard InChI is InChI=1S/C12H17FO2S/c1-7(14)9(3)16-12-5-4-10(8(2)15)6-11(12)13/h4-9,14-15H,1-3H3/t7?,8-,9?/m1/s1. The summed E-state index contributed by atoms with van der Waals surface area (Å²) in [4.78, 5) is 0.498. The first-order valence-corrected chi connectivity index (χ1v) is 6.12. The number of aliphatic hydroxyl groups is 2. The zero-order valence-electron chi connectivity index (χ0n) is 9.64. The molecule has 3 atom stereocenters. The van der Waals surface area contributed by atoms with Gasteiger partial charge in [0.1, 0.15) is 5.82 Å². The number of thioether (sulfide) groups is 1. The van der Waals surface area contributed by atoms with Gasteiger partial charge in [0.05, 0.1) is 12.2 Å². The van der Waals surface area contributed by atoms with Gasteiger partial charge in [-0.15, -0.1) is 11.8 Å². The zero-order valence-corrected chi connectivity index (χ0v) is 10.5. The van der Waals surface area contributed by atoms with Gasteiger partial charge in [-0.25, -0.2) is 4.39 Å². The molecule has 90 valence electrons. The fraction of sp³-hybridized carbons (Fsp3) is 0.500. The van der Waals surface area contributed by atoms with Gasteiger partial charge in [-0.1, -0.05) is 13.0 Å². The lowest BCUT2D eigenvalue weighted by Crippen LogP contribution is -2.15. The van der Waals surface area contributed by atoms with Gasteiger partial charge < -0.3 is 10.2 Å². The first-order valence-electron chi connectivity index (χ1n) is 5.24. The number of aliphatic hydroxyl groups excluding tert-OH is 2. The number of hydrogen-bond acceptors (Lipinski definition) is 3. The molecular formula is C12H17FO2S. The zero-order chi connectivity index (χ0) is 12.3. The number of hydrogen-bond donors (Lipinski definition) is 2. The van der Waals surface area contributed by atoms with Crippen LogP contribution in [0, 0.1) is 5.82 Å². The summed E-state index contributed by atoms with van der Waals surface area (Å²) in [5.41, 5.74) is 0.562. The maximum Gasteiger partial charge on any atom is 0.137 e. The van der Waals surface area contributed by atoms with Gasteiger partial charge in [0.15, 0.2) is 0 Å². The molecule has 0 amide bonds. The van der Waals surface area contributed by atoms with Crippen molar-refractivity contribution >= 4 is 11.8 Å². The van der Waals surface area contributed by atoms with E-state index in [9.17, 15) is 14.6 Å². The molecule has 0 bridgehead atoms. The fourth-order valence-corrected chi connectivity index (χ4v) is 2.09. The van der Waals surface area contributed by atoms with Gasteiger partial charge in [0, 0.05) is 10.1 Å². The Morgan fingerprint density at radius 2 is 1.81 bits per heavy atom. The molecule has 0 aliphatic heterocycles. The first-order chi connectivity index (χ1) is 7.41. The predicted molar refractivity (Wildman–Crippen MR) is 64.0 cm³/mol. The molecule has 0 fully saturated rings. The second-order valence-electron chi connectivity index (χ2n) is 3.93. The topological polar surface area (TPSA) is 40.5 Å². The van der Waals surface area contributed by atoms with Gasteiger partial charge in [0.2, 0.25) is 0 Å². The van der Waals surface area contributed by atoms with Crippen molar-refractivity contribution < 1.29 is 14.6 Å². The molecule has 16 heavy (non-hydrogen) atoms. The average Bonchev–Trinajstić information content (AvgIpc) is 2.20. The van der Waals surface area contributed by atoms with Crippen LogP contribution >= 0.6 is 11.8 Å². The van der Waals surface area contributed by atoms with E-state index in [1.54, 1.807) is 26.0 Å². The second kappa shape index (κ2) is 5.66. The van der Waals surface area contributed by atoms with Crippen LogP contribution in [-0.2, 0) is 0 Å². The van der Waals surface area contributed by atoms with E-state index in [0.29, 0.717) is 10.5 Å². The molecular weight excluding hydrogens is 227 g/mol. The Bertz CT molecular complexity index is 353. The Balaban J connectivity index is 2.83. The molecule has 2 N–H and O–H groups in total. The Kier molecular flexibility index (Phi) is 4.77. The molecule has 0 spiro atoms. The van der Waals surface area contributed by atoms with E-state index in [4.69, 9.17) is 0 Å². The highest BCUT2D eigenvalue weighted by atomic mass is 32.2. The molecule has 0 saturated heterocycles. The summed E-state index contributed by atoms with van der Waals surface area (Å²) in [6, 6.07) is 4.67. The molecule has 0 radical (unpaired) electrons. The van der Waals surface area contributed by atoms with E-state index in [1.807, 2.05) is 6.92 Å². The molecule has 1 aromatic rings. The van der Waals surface area contributed by atoms with Crippen LogP contribution in [0.5, 0.6) is 0 Å². The van der Waals surface area contributed by atoms with Crippen molar-refractivity contribution in [2.45, 2.75) is 43.1 Å². The number of halogens is 1. The van der Waals surface area contributed by atoms with Gasteiger partial charge >= 0.3 is 0 Å². The highest BCUT2D eigenvalue weighted by Crippen LogP contribution is 2.29. The van der Waals surface area contributed by atoms with Gasteiger partial charge in [0.25, 0.3) is 0 Å².